The van der Waals surface area contributed by atoms with Crippen LogP contribution in [0.1, 0.15) is 36.7 Å². The van der Waals surface area contributed by atoms with Gasteiger partial charge in [-0.2, -0.15) is 0 Å². The zero-order valence-corrected chi connectivity index (χ0v) is 16.8. The lowest BCUT2D eigenvalue weighted by Gasteiger charge is -2.19. The third-order valence-electron chi connectivity index (χ3n) is 3.71. The van der Waals surface area contributed by atoms with Gasteiger partial charge in [-0.3, -0.25) is 4.79 Å². The predicted octanol–water partition coefficient (Wildman–Crippen LogP) is 3.98. The minimum atomic E-state index is -0.547. The zero-order chi connectivity index (χ0) is 20.7. The van der Waals surface area contributed by atoms with E-state index in [1.54, 1.807) is 70.3 Å². The Kier molecular flexibility index (Phi) is 6.87. The summed E-state index contributed by atoms with van der Waals surface area (Å²) in [6.07, 6.45) is -0.485. The summed E-state index contributed by atoms with van der Waals surface area (Å²) in [5, 5.41) is 5.50. The molecule has 0 heterocycles. The number of carbonyl (C=O) groups excluding carboxylic acids is 2. The maximum absolute atomic E-state index is 12.5. The van der Waals surface area contributed by atoms with E-state index in [0.717, 1.165) is 5.56 Å². The van der Waals surface area contributed by atoms with Crippen LogP contribution < -0.4 is 20.1 Å². The molecular formula is C21H26N2O5. The van der Waals surface area contributed by atoms with Gasteiger partial charge in [-0.25, -0.2) is 4.79 Å². The molecule has 150 valence electrons. The van der Waals surface area contributed by atoms with Crippen LogP contribution in [0.15, 0.2) is 42.5 Å². The van der Waals surface area contributed by atoms with Crippen molar-refractivity contribution in [2.75, 3.05) is 19.5 Å². The number of methoxy groups -OCH3 is 2. The minimum Gasteiger partial charge on any atom is -0.497 e. The lowest BCUT2D eigenvalue weighted by molar-refractivity contribution is 0.0523. The Hall–Kier alpha value is -3.22. The highest BCUT2D eigenvalue weighted by Crippen LogP contribution is 2.29. The maximum atomic E-state index is 12.5. The van der Waals surface area contributed by atoms with E-state index >= 15 is 0 Å². The molecule has 0 radical (unpaired) electrons. The zero-order valence-electron chi connectivity index (χ0n) is 16.8. The Morgan fingerprint density at radius 2 is 1.64 bits per heavy atom. The fourth-order valence-electron chi connectivity index (χ4n) is 2.36. The number of benzene rings is 2. The van der Waals surface area contributed by atoms with E-state index in [9.17, 15) is 9.59 Å². The van der Waals surface area contributed by atoms with Crippen molar-refractivity contribution in [3.8, 4) is 11.5 Å². The van der Waals surface area contributed by atoms with Gasteiger partial charge in [0.25, 0.3) is 5.91 Å². The Morgan fingerprint density at radius 1 is 0.964 bits per heavy atom. The Morgan fingerprint density at radius 3 is 2.21 bits per heavy atom. The summed E-state index contributed by atoms with van der Waals surface area (Å²) in [4.78, 5) is 24.2. The molecule has 2 rings (SSSR count). The van der Waals surface area contributed by atoms with Gasteiger partial charge >= 0.3 is 6.09 Å². The summed E-state index contributed by atoms with van der Waals surface area (Å²) in [5.41, 5.74) is 1.33. The molecule has 2 aromatic rings. The smallest absolute Gasteiger partial charge is 0.407 e. The first kappa shape index (κ1) is 21.1. The molecule has 0 bridgehead atoms. The van der Waals surface area contributed by atoms with Crippen molar-refractivity contribution in [1.29, 1.82) is 0 Å². The molecule has 0 aliphatic rings. The molecule has 2 aromatic carbocycles. The molecule has 7 heteroatoms. The van der Waals surface area contributed by atoms with Gasteiger partial charge in [-0.1, -0.05) is 12.1 Å². The predicted molar refractivity (Wildman–Crippen MR) is 107 cm³/mol. The quantitative estimate of drug-likeness (QED) is 0.784. The summed E-state index contributed by atoms with van der Waals surface area (Å²) in [6, 6.07) is 12.1. The summed E-state index contributed by atoms with van der Waals surface area (Å²) in [5.74, 6) is 0.873. The molecule has 0 atom stereocenters. The SMILES string of the molecule is COc1ccc(NC(=O)c2ccc(CNC(=O)OC(C)(C)C)cc2)c(OC)c1. The fourth-order valence-corrected chi connectivity index (χ4v) is 2.36. The highest BCUT2D eigenvalue weighted by atomic mass is 16.6. The summed E-state index contributed by atoms with van der Waals surface area (Å²) in [7, 11) is 3.09. The summed E-state index contributed by atoms with van der Waals surface area (Å²) < 4.78 is 15.6. The Labute approximate surface area is 165 Å². The largest absolute Gasteiger partial charge is 0.497 e. The molecule has 0 saturated heterocycles. The van der Waals surface area contributed by atoms with Crippen molar-refractivity contribution in [1.82, 2.24) is 5.32 Å². The number of anilines is 1. The lowest BCUT2D eigenvalue weighted by atomic mass is 10.1. The second-order valence-electron chi connectivity index (χ2n) is 7.07. The van der Waals surface area contributed by atoms with Crippen molar-refractivity contribution >= 4 is 17.7 Å². The standard InChI is InChI=1S/C21H26N2O5/c1-21(2,3)28-20(25)22-13-14-6-8-15(9-7-14)19(24)23-17-11-10-16(26-4)12-18(17)27-5/h6-12H,13H2,1-5H3,(H,22,25)(H,23,24). The molecule has 28 heavy (non-hydrogen) atoms. The second kappa shape index (κ2) is 9.12. The first-order chi connectivity index (χ1) is 13.2. The van der Waals surface area contributed by atoms with Gasteiger partial charge in [0.1, 0.15) is 17.1 Å². The molecule has 0 saturated carbocycles. The molecule has 0 aliphatic heterocycles. The van der Waals surface area contributed by atoms with Crippen molar-refractivity contribution in [2.24, 2.45) is 0 Å². The normalized spacial score (nSPS) is 10.8. The van der Waals surface area contributed by atoms with Crippen molar-refractivity contribution in [3.63, 3.8) is 0 Å². The van der Waals surface area contributed by atoms with Crippen LogP contribution in [-0.2, 0) is 11.3 Å². The van der Waals surface area contributed by atoms with E-state index in [2.05, 4.69) is 10.6 Å². The topological polar surface area (TPSA) is 85.9 Å². The monoisotopic (exact) mass is 386 g/mol. The van der Waals surface area contributed by atoms with Gasteiger partial charge in [0, 0.05) is 18.2 Å². The average molecular weight is 386 g/mol. The number of carbonyl (C=O) groups is 2. The molecule has 0 spiro atoms. The van der Waals surface area contributed by atoms with E-state index in [1.165, 1.54) is 7.11 Å². The van der Waals surface area contributed by atoms with Gasteiger partial charge < -0.3 is 24.8 Å². The first-order valence-electron chi connectivity index (χ1n) is 8.81. The van der Waals surface area contributed by atoms with Crippen LogP contribution >= 0.6 is 0 Å². The highest BCUT2D eigenvalue weighted by Gasteiger charge is 2.16. The van der Waals surface area contributed by atoms with E-state index in [1.807, 2.05) is 0 Å². The van der Waals surface area contributed by atoms with E-state index in [0.29, 0.717) is 29.3 Å². The van der Waals surface area contributed by atoms with E-state index in [4.69, 9.17) is 14.2 Å². The first-order valence-corrected chi connectivity index (χ1v) is 8.81. The fraction of sp³-hybridized carbons (Fsp3) is 0.333. The summed E-state index contributed by atoms with van der Waals surface area (Å²) in [6.45, 7) is 5.72. The summed E-state index contributed by atoms with van der Waals surface area (Å²) >= 11 is 0. The van der Waals surface area contributed by atoms with Crippen LogP contribution in [0, 0.1) is 0 Å². The number of alkyl carbamates (subject to hydrolysis) is 1. The van der Waals surface area contributed by atoms with E-state index in [-0.39, 0.29) is 5.91 Å². The third kappa shape index (κ3) is 6.19. The van der Waals surface area contributed by atoms with Crippen molar-refractivity contribution < 1.29 is 23.8 Å². The second-order valence-corrected chi connectivity index (χ2v) is 7.07. The maximum Gasteiger partial charge on any atom is 0.407 e. The number of ether oxygens (including phenoxy) is 3. The number of rotatable bonds is 6. The van der Waals surface area contributed by atoms with Crippen molar-refractivity contribution in [3.05, 3.63) is 53.6 Å². The number of hydrogen-bond donors (Lipinski definition) is 2. The van der Waals surface area contributed by atoms with Crippen LogP contribution in [0.5, 0.6) is 11.5 Å². The van der Waals surface area contributed by atoms with E-state index < -0.39 is 11.7 Å². The molecule has 0 aliphatic carbocycles. The van der Waals surface area contributed by atoms with Crippen LogP contribution in [0.3, 0.4) is 0 Å². The van der Waals surface area contributed by atoms with Crippen LogP contribution in [-0.4, -0.2) is 31.8 Å². The molecule has 2 N–H and O–H groups in total. The third-order valence-corrected chi connectivity index (χ3v) is 3.71. The highest BCUT2D eigenvalue weighted by molar-refractivity contribution is 6.05. The number of amides is 2. The lowest BCUT2D eigenvalue weighted by Crippen LogP contribution is -2.32. The van der Waals surface area contributed by atoms with Gasteiger partial charge in [0.05, 0.1) is 19.9 Å². The number of nitrogens with one attached hydrogen (secondary N) is 2. The van der Waals surface area contributed by atoms with Gasteiger partial charge in [-0.15, -0.1) is 0 Å². The molecule has 0 unspecified atom stereocenters. The van der Waals surface area contributed by atoms with Gasteiger partial charge in [-0.05, 0) is 50.6 Å². The van der Waals surface area contributed by atoms with Crippen molar-refractivity contribution in [2.45, 2.75) is 32.9 Å². The van der Waals surface area contributed by atoms with Crippen LogP contribution in [0.4, 0.5) is 10.5 Å². The van der Waals surface area contributed by atoms with Gasteiger partial charge in [0.15, 0.2) is 0 Å². The van der Waals surface area contributed by atoms with Crippen LogP contribution in [0.2, 0.25) is 0 Å². The number of hydrogen-bond acceptors (Lipinski definition) is 5. The molecule has 7 nitrogen and oxygen atoms in total. The Bertz CT molecular complexity index is 826. The molecule has 0 fully saturated rings. The molecular weight excluding hydrogens is 360 g/mol. The van der Waals surface area contributed by atoms with Gasteiger partial charge in [0.2, 0.25) is 0 Å². The average Bonchev–Trinajstić information content (AvgIpc) is 2.65. The minimum absolute atomic E-state index is 0.268. The Balaban J connectivity index is 1.97. The van der Waals surface area contributed by atoms with Crippen LogP contribution in [0.25, 0.3) is 0 Å². The molecule has 0 aromatic heterocycles. The molecule has 2 amide bonds.